The van der Waals surface area contributed by atoms with Crippen molar-refractivity contribution in [2.24, 2.45) is 5.41 Å². The van der Waals surface area contributed by atoms with Crippen LogP contribution in [0.1, 0.15) is 49.9 Å². The predicted molar refractivity (Wildman–Crippen MR) is 73.9 cm³/mol. The van der Waals surface area contributed by atoms with Crippen molar-refractivity contribution < 1.29 is 9.90 Å². The van der Waals surface area contributed by atoms with E-state index in [1.54, 1.807) is 6.07 Å². The summed E-state index contributed by atoms with van der Waals surface area (Å²) in [4.78, 5) is 11.8. The summed E-state index contributed by atoms with van der Waals surface area (Å²) in [7, 11) is 0. The molecule has 0 radical (unpaired) electrons. The maximum atomic E-state index is 11.8. The first kappa shape index (κ1) is 13.6. The van der Waals surface area contributed by atoms with Gasteiger partial charge >= 0.3 is 0 Å². The van der Waals surface area contributed by atoms with E-state index in [0.29, 0.717) is 17.5 Å². The largest absolute Gasteiger partial charge is 0.388 e. The third-order valence-electron chi connectivity index (χ3n) is 3.90. The third-order valence-corrected chi connectivity index (χ3v) is 4.58. The zero-order chi connectivity index (χ0) is 13.2. The predicted octanol–water partition coefficient (Wildman–Crippen LogP) is 2.81. The lowest BCUT2D eigenvalue weighted by molar-refractivity contribution is -0.0233. The van der Waals surface area contributed by atoms with Crippen molar-refractivity contribution in [3.63, 3.8) is 0 Å². The molecule has 0 unspecified atom stereocenters. The van der Waals surface area contributed by atoms with Crippen LogP contribution < -0.4 is 5.32 Å². The van der Waals surface area contributed by atoms with E-state index in [1.165, 1.54) is 11.3 Å². The molecule has 0 bridgehead atoms. The highest BCUT2D eigenvalue weighted by Gasteiger charge is 2.36. The fraction of sp³-hybridized carbons (Fsp3) is 0.643. The molecule has 0 saturated heterocycles. The number of nitrogens with one attached hydrogen (secondary N) is 1. The molecule has 3 nitrogen and oxygen atoms in total. The quantitative estimate of drug-likeness (QED) is 0.884. The van der Waals surface area contributed by atoms with Crippen molar-refractivity contribution in [3.8, 4) is 0 Å². The SMILES string of the molecule is CC1(C)CCC(O)(CNC(=O)c2ccsc2)CC1. The molecule has 0 aromatic carbocycles. The molecule has 18 heavy (non-hydrogen) atoms. The maximum absolute atomic E-state index is 11.8. The Labute approximate surface area is 112 Å². The van der Waals surface area contributed by atoms with Gasteiger partial charge in [-0.25, -0.2) is 0 Å². The molecule has 4 heteroatoms. The average Bonchev–Trinajstić information content (AvgIpc) is 2.85. The number of thiophene rings is 1. The number of carbonyl (C=O) groups is 1. The summed E-state index contributed by atoms with van der Waals surface area (Å²) in [6.07, 6.45) is 3.56. The van der Waals surface area contributed by atoms with Gasteiger partial charge in [0.05, 0.1) is 5.60 Å². The van der Waals surface area contributed by atoms with E-state index in [-0.39, 0.29) is 5.91 Å². The van der Waals surface area contributed by atoms with Gasteiger partial charge in [0.2, 0.25) is 0 Å². The highest BCUT2D eigenvalue weighted by Crippen LogP contribution is 2.39. The minimum atomic E-state index is -0.721. The van der Waals surface area contributed by atoms with Gasteiger partial charge in [0.15, 0.2) is 0 Å². The Balaban J connectivity index is 1.85. The molecule has 0 atom stereocenters. The van der Waals surface area contributed by atoms with Gasteiger partial charge in [-0.05, 0) is 42.5 Å². The lowest BCUT2D eigenvalue weighted by Crippen LogP contribution is -2.46. The molecule has 0 spiro atoms. The van der Waals surface area contributed by atoms with Gasteiger partial charge in [0, 0.05) is 17.5 Å². The third kappa shape index (κ3) is 3.33. The van der Waals surface area contributed by atoms with Crippen molar-refractivity contribution in [1.29, 1.82) is 0 Å². The summed E-state index contributed by atoms with van der Waals surface area (Å²) in [5.74, 6) is -0.0884. The van der Waals surface area contributed by atoms with E-state index in [0.717, 1.165) is 25.7 Å². The number of hydrogen-bond acceptors (Lipinski definition) is 3. The Morgan fingerprint density at radius 2 is 2.06 bits per heavy atom. The van der Waals surface area contributed by atoms with Crippen LogP contribution in [0.2, 0.25) is 0 Å². The van der Waals surface area contributed by atoms with Crippen LogP contribution in [-0.2, 0) is 0 Å². The molecule has 1 aliphatic carbocycles. The normalized spacial score (nSPS) is 21.5. The second kappa shape index (κ2) is 5.02. The molecule has 1 aromatic rings. The lowest BCUT2D eigenvalue weighted by Gasteiger charge is -2.40. The highest BCUT2D eigenvalue weighted by molar-refractivity contribution is 7.08. The number of hydrogen-bond donors (Lipinski definition) is 2. The Kier molecular flexibility index (Phi) is 3.78. The Bertz CT molecular complexity index is 401. The second-order valence-corrected chi connectivity index (χ2v) is 6.86. The number of amides is 1. The van der Waals surface area contributed by atoms with Crippen molar-refractivity contribution in [3.05, 3.63) is 22.4 Å². The van der Waals surface area contributed by atoms with Crippen LogP contribution in [0.3, 0.4) is 0 Å². The van der Waals surface area contributed by atoms with Crippen LogP contribution in [0, 0.1) is 5.41 Å². The molecule has 1 aliphatic rings. The lowest BCUT2D eigenvalue weighted by atomic mass is 9.71. The zero-order valence-electron chi connectivity index (χ0n) is 11.0. The molecule has 1 fully saturated rings. The molecule has 1 heterocycles. The minimum Gasteiger partial charge on any atom is -0.388 e. The van der Waals surface area contributed by atoms with Gasteiger partial charge < -0.3 is 10.4 Å². The molecule has 1 aromatic heterocycles. The van der Waals surface area contributed by atoms with Gasteiger partial charge in [-0.2, -0.15) is 11.3 Å². The van der Waals surface area contributed by atoms with Gasteiger partial charge in [-0.15, -0.1) is 0 Å². The fourth-order valence-corrected chi connectivity index (χ4v) is 2.95. The Hall–Kier alpha value is -0.870. The zero-order valence-corrected chi connectivity index (χ0v) is 11.8. The van der Waals surface area contributed by atoms with Crippen LogP contribution in [-0.4, -0.2) is 23.2 Å². The van der Waals surface area contributed by atoms with Crippen LogP contribution in [0.5, 0.6) is 0 Å². The van der Waals surface area contributed by atoms with Crippen molar-refractivity contribution >= 4 is 17.2 Å². The summed E-state index contributed by atoms with van der Waals surface area (Å²) in [5, 5.41) is 17.0. The molecule has 1 saturated carbocycles. The monoisotopic (exact) mass is 267 g/mol. The van der Waals surface area contributed by atoms with Gasteiger partial charge in [-0.3, -0.25) is 4.79 Å². The minimum absolute atomic E-state index is 0.0884. The molecular weight excluding hydrogens is 246 g/mol. The van der Waals surface area contributed by atoms with Crippen molar-refractivity contribution in [2.45, 2.75) is 45.1 Å². The van der Waals surface area contributed by atoms with E-state index in [9.17, 15) is 9.90 Å². The molecule has 0 aliphatic heterocycles. The van der Waals surface area contributed by atoms with Crippen LogP contribution >= 0.6 is 11.3 Å². The summed E-state index contributed by atoms with van der Waals surface area (Å²) < 4.78 is 0. The molecule has 2 rings (SSSR count). The summed E-state index contributed by atoms with van der Waals surface area (Å²) in [6, 6.07) is 1.80. The highest BCUT2D eigenvalue weighted by atomic mass is 32.1. The number of carbonyl (C=O) groups excluding carboxylic acids is 1. The van der Waals surface area contributed by atoms with E-state index < -0.39 is 5.60 Å². The Morgan fingerprint density at radius 1 is 1.39 bits per heavy atom. The van der Waals surface area contributed by atoms with Crippen LogP contribution in [0.15, 0.2) is 16.8 Å². The summed E-state index contributed by atoms with van der Waals surface area (Å²) in [5.41, 5.74) is 0.282. The van der Waals surface area contributed by atoms with Crippen molar-refractivity contribution in [1.82, 2.24) is 5.32 Å². The molecule has 100 valence electrons. The molecular formula is C14H21NO2S. The summed E-state index contributed by atoms with van der Waals surface area (Å²) >= 11 is 1.50. The molecule has 2 N–H and O–H groups in total. The molecule has 1 amide bonds. The van der Waals surface area contributed by atoms with E-state index in [4.69, 9.17) is 0 Å². The van der Waals surface area contributed by atoms with Crippen molar-refractivity contribution in [2.75, 3.05) is 6.54 Å². The maximum Gasteiger partial charge on any atom is 0.252 e. The number of rotatable bonds is 3. The Morgan fingerprint density at radius 3 is 2.61 bits per heavy atom. The van der Waals surface area contributed by atoms with Gasteiger partial charge in [-0.1, -0.05) is 13.8 Å². The first-order valence-electron chi connectivity index (χ1n) is 6.43. The van der Waals surface area contributed by atoms with E-state index >= 15 is 0 Å². The van der Waals surface area contributed by atoms with Gasteiger partial charge in [0.25, 0.3) is 5.91 Å². The fourth-order valence-electron chi connectivity index (χ4n) is 2.31. The average molecular weight is 267 g/mol. The second-order valence-electron chi connectivity index (χ2n) is 6.08. The van der Waals surface area contributed by atoms with Gasteiger partial charge in [0.1, 0.15) is 0 Å². The number of aliphatic hydroxyl groups is 1. The topological polar surface area (TPSA) is 49.3 Å². The first-order valence-corrected chi connectivity index (χ1v) is 7.37. The van der Waals surface area contributed by atoms with Crippen LogP contribution in [0.25, 0.3) is 0 Å². The first-order chi connectivity index (χ1) is 8.40. The van der Waals surface area contributed by atoms with E-state index in [2.05, 4.69) is 19.2 Å². The van der Waals surface area contributed by atoms with Crippen LogP contribution in [0.4, 0.5) is 0 Å². The smallest absolute Gasteiger partial charge is 0.252 e. The van der Waals surface area contributed by atoms with E-state index in [1.807, 2.05) is 10.8 Å². The standard InChI is InChI=1S/C14H21NO2S/c1-13(2)4-6-14(17,7-5-13)10-15-12(16)11-3-8-18-9-11/h3,8-9,17H,4-7,10H2,1-2H3,(H,15,16). The summed E-state index contributed by atoms with van der Waals surface area (Å²) in [6.45, 7) is 4.82.